The second kappa shape index (κ2) is 6.56. The second-order valence-electron chi connectivity index (χ2n) is 5.73. The van der Waals surface area contributed by atoms with Gasteiger partial charge in [0.25, 0.3) is 0 Å². The van der Waals surface area contributed by atoms with Gasteiger partial charge in [-0.15, -0.1) is 0 Å². The molecule has 3 rings (SSSR count). The Hall–Kier alpha value is -1.43. The average Bonchev–Trinajstić information content (AvgIpc) is 3.08. The highest BCUT2D eigenvalue weighted by molar-refractivity contribution is 5.82. The van der Waals surface area contributed by atoms with Crippen LogP contribution in [0.1, 0.15) is 24.0 Å². The third-order valence-electron chi connectivity index (χ3n) is 4.21. The summed E-state index contributed by atoms with van der Waals surface area (Å²) in [4.78, 5) is 12.2. The van der Waals surface area contributed by atoms with Crippen LogP contribution < -0.4 is 10.6 Å². The Labute approximate surface area is 125 Å². The number of benzene rings is 1. The zero-order valence-corrected chi connectivity index (χ0v) is 12.3. The summed E-state index contributed by atoms with van der Waals surface area (Å²) in [7, 11) is 1.68. The molecule has 3 atom stereocenters. The van der Waals surface area contributed by atoms with Gasteiger partial charge in [0.1, 0.15) is 0 Å². The van der Waals surface area contributed by atoms with Gasteiger partial charge in [0.05, 0.1) is 18.8 Å². The number of rotatable bonds is 5. The summed E-state index contributed by atoms with van der Waals surface area (Å²) < 4.78 is 10.7. The van der Waals surface area contributed by atoms with Gasteiger partial charge in [-0.3, -0.25) is 4.79 Å². The molecule has 0 saturated carbocycles. The highest BCUT2D eigenvalue weighted by Crippen LogP contribution is 2.25. The first-order valence-electron chi connectivity index (χ1n) is 7.48. The lowest BCUT2D eigenvalue weighted by Crippen LogP contribution is -2.42. The average molecular weight is 290 g/mol. The molecule has 0 unspecified atom stereocenters. The van der Waals surface area contributed by atoms with Crippen molar-refractivity contribution < 1.29 is 14.3 Å². The summed E-state index contributed by atoms with van der Waals surface area (Å²) in [5.74, 6) is 0.0639. The number of nitrogens with one attached hydrogen (secondary N) is 2. The van der Waals surface area contributed by atoms with Crippen molar-refractivity contribution in [1.29, 1.82) is 0 Å². The molecule has 2 aliphatic rings. The van der Waals surface area contributed by atoms with Crippen LogP contribution in [0.15, 0.2) is 24.3 Å². The van der Waals surface area contributed by atoms with Crippen molar-refractivity contribution in [1.82, 2.24) is 10.6 Å². The second-order valence-corrected chi connectivity index (χ2v) is 5.73. The third kappa shape index (κ3) is 3.43. The molecular weight excluding hydrogens is 268 g/mol. The van der Waals surface area contributed by atoms with Crippen LogP contribution in [0.2, 0.25) is 0 Å². The number of carbonyl (C=O) groups is 1. The molecule has 1 aromatic carbocycles. The smallest absolute Gasteiger partial charge is 0.237 e. The quantitative estimate of drug-likeness (QED) is 0.848. The minimum atomic E-state index is -0.118. The van der Waals surface area contributed by atoms with Gasteiger partial charge in [0.15, 0.2) is 0 Å². The Morgan fingerprint density at radius 3 is 2.86 bits per heavy atom. The minimum absolute atomic E-state index is 0.0639. The minimum Gasteiger partial charge on any atom is -0.380 e. The molecule has 21 heavy (non-hydrogen) atoms. The van der Waals surface area contributed by atoms with Gasteiger partial charge in [0.2, 0.25) is 5.91 Å². The summed E-state index contributed by atoms with van der Waals surface area (Å²) >= 11 is 0. The molecule has 1 aromatic rings. The van der Waals surface area contributed by atoms with Gasteiger partial charge in [-0.2, -0.15) is 0 Å². The fourth-order valence-corrected chi connectivity index (χ4v) is 3.05. The fraction of sp³-hybridized carbons (Fsp3) is 0.562. The largest absolute Gasteiger partial charge is 0.380 e. The van der Waals surface area contributed by atoms with E-state index in [2.05, 4.69) is 10.6 Å². The fourth-order valence-electron chi connectivity index (χ4n) is 3.05. The van der Waals surface area contributed by atoms with Crippen LogP contribution in [-0.2, 0) is 27.4 Å². The number of amides is 1. The molecule has 2 saturated heterocycles. The molecule has 2 heterocycles. The lowest BCUT2D eigenvalue weighted by Gasteiger charge is -2.13. The van der Waals surface area contributed by atoms with E-state index in [0.717, 1.165) is 30.6 Å². The lowest BCUT2D eigenvalue weighted by molar-refractivity contribution is -0.123. The van der Waals surface area contributed by atoms with Crippen molar-refractivity contribution >= 4 is 5.91 Å². The molecular formula is C16H22N2O3. The molecule has 5 heteroatoms. The summed E-state index contributed by atoms with van der Waals surface area (Å²) in [5, 5.41) is 6.35. The SMILES string of the molecule is COCc1ccc(CNC(=O)[C@@H]2C[C@@H]3OCC[C@@H]3N2)cc1. The van der Waals surface area contributed by atoms with E-state index in [4.69, 9.17) is 9.47 Å². The highest BCUT2D eigenvalue weighted by atomic mass is 16.5. The first kappa shape index (κ1) is 14.5. The first-order chi connectivity index (χ1) is 10.3. The number of methoxy groups -OCH3 is 1. The standard InChI is InChI=1S/C16H22N2O3/c1-20-10-12-4-2-11(3-5-12)9-17-16(19)14-8-15-13(18-14)6-7-21-15/h2-5,13-15,18H,6-10H2,1H3,(H,17,19)/t13-,14-,15-/m0/s1. The van der Waals surface area contributed by atoms with Crippen molar-refractivity contribution in [2.45, 2.75) is 44.2 Å². The monoisotopic (exact) mass is 290 g/mol. The molecule has 0 aromatic heterocycles. The topological polar surface area (TPSA) is 59.6 Å². The summed E-state index contributed by atoms with van der Waals surface area (Å²) in [5.41, 5.74) is 2.23. The van der Waals surface area contributed by atoms with Crippen molar-refractivity contribution in [2.75, 3.05) is 13.7 Å². The number of fused-ring (bicyclic) bond motifs is 1. The normalized spacial score (nSPS) is 27.6. The van der Waals surface area contributed by atoms with E-state index in [1.165, 1.54) is 0 Å². The van der Waals surface area contributed by atoms with Gasteiger partial charge < -0.3 is 20.1 Å². The Balaban J connectivity index is 1.47. The maximum absolute atomic E-state index is 12.2. The summed E-state index contributed by atoms with van der Waals surface area (Å²) in [6.07, 6.45) is 2.01. The predicted octanol–water partition coefficient (Wildman–Crippen LogP) is 0.969. The molecule has 2 fully saturated rings. The van der Waals surface area contributed by atoms with Crippen molar-refractivity contribution in [2.24, 2.45) is 0 Å². The molecule has 114 valence electrons. The highest BCUT2D eigenvalue weighted by Gasteiger charge is 2.40. The Bertz CT molecular complexity index is 477. The van der Waals surface area contributed by atoms with Crippen LogP contribution in [0.25, 0.3) is 0 Å². The zero-order valence-electron chi connectivity index (χ0n) is 12.3. The van der Waals surface area contributed by atoms with Gasteiger partial charge in [-0.05, 0) is 24.0 Å². The number of ether oxygens (including phenoxy) is 2. The lowest BCUT2D eigenvalue weighted by atomic mass is 10.1. The third-order valence-corrected chi connectivity index (χ3v) is 4.21. The van der Waals surface area contributed by atoms with Gasteiger partial charge in [0, 0.05) is 26.3 Å². The van der Waals surface area contributed by atoms with E-state index in [1.54, 1.807) is 7.11 Å². The van der Waals surface area contributed by atoms with Crippen LogP contribution in [0.4, 0.5) is 0 Å². The molecule has 5 nitrogen and oxygen atoms in total. The van der Waals surface area contributed by atoms with Crippen molar-refractivity contribution in [3.63, 3.8) is 0 Å². The summed E-state index contributed by atoms with van der Waals surface area (Å²) in [6.45, 7) is 1.98. The molecule has 2 aliphatic heterocycles. The van der Waals surface area contributed by atoms with Gasteiger partial charge in [-0.25, -0.2) is 0 Å². The van der Waals surface area contributed by atoms with Crippen LogP contribution in [0.5, 0.6) is 0 Å². The number of hydrogen-bond donors (Lipinski definition) is 2. The predicted molar refractivity (Wildman–Crippen MR) is 78.7 cm³/mol. The molecule has 0 radical (unpaired) electrons. The van der Waals surface area contributed by atoms with E-state index >= 15 is 0 Å². The number of carbonyl (C=O) groups excluding carboxylic acids is 1. The van der Waals surface area contributed by atoms with Gasteiger partial charge in [-0.1, -0.05) is 24.3 Å². The molecule has 0 aliphatic carbocycles. The molecule has 0 spiro atoms. The summed E-state index contributed by atoms with van der Waals surface area (Å²) in [6, 6.07) is 8.33. The maximum atomic E-state index is 12.2. The Morgan fingerprint density at radius 2 is 2.14 bits per heavy atom. The molecule has 1 amide bonds. The zero-order chi connectivity index (χ0) is 14.7. The van der Waals surface area contributed by atoms with Crippen LogP contribution in [0.3, 0.4) is 0 Å². The first-order valence-corrected chi connectivity index (χ1v) is 7.48. The van der Waals surface area contributed by atoms with E-state index in [9.17, 15) is 4.79 Å². The van der Waals surface area contributed by atoms with Gasteiger partial charge >= 0.3 is 0 Å². The van der Waals surface area contributed by atoms with Crippen molar-refractivity contribution in [3.8, 4) is 0 Å². The number of hydrogen-bond acceptors (Lipinski definition) is 4. The van der Waals surface area contributed by atoms with Crippen molar-refractivity contribution in [3.05, 3.63) is 35.4 Å². The Morgan fingerprint density at radius 1 is 1.38 bits per heavy atom. The molecule has 0 bridgehead atoms. The van der Waals surface area contributed by atoms with E-state index < -0.39 is 0 Å². The van der Waals surface area contributed by atoms with E-state index in [1.807, 2.05) is 24.3 Å². The van der Waals surface area contributed by atoms with Crippen LogP contribution >= 0.6 is 0 Å². The van der Waals surface area contributed by atoms with Crippen LogP contribution in [-0.4, -0.2) is 37.8 Å². The molecule has 2 N–H and O–H groups in total. The maximum Gasteiger partial charge on any atom is 0.237 e. The van der Waals surface area contributed by atoms with E-state index in [0.29, 0.717) is 19.2 Å². The van der Waals surface area contributed by atoms with Crippen LogP contribution in [0, 0.1) is 0 Å². The van der Waals surface area contributed by atoms with E-state index in [-0.39, 0.29) is 18.1 Å². The Kier molecular flexibility index (Phi) is 4.53.